The minimum absolute atomic E-state index is 0.143. The first-order chi connectivity index (χ1) is 30.0. The molecule has 4 rings (SSSR count). The van der Waals surface area contributed by atoms with Gasteiger partial charge >= 0.3 is 0 Å². The molecule has 8 heteroatoms. The van der Waals surface area contributed by atoms with Crippen LogP contribution in [-0.4, -0.2) is 72.3 Å². The van der Waals surface area contributed by atoms with Gasteiger partial charge in [-0.2, -0.15) is 0 Å². The summed E-state index contributed by atoms with van der Waals surface area (Å²) in [4.78, 5) is 0. The van der Waals surface area contributed by atoms with Crippen LogP contribution in [-0.2, 0) is 54.8 Å². The highest BCUT2D eigenvalue weighted by molar-refractivity contribution is 5.16. The van der Waals surface area contributed by atoms with Crippen molar-refractivity contribution in [3.05, 3.63) is 180 Å². The van der Waals surface area contributed by atoms with E-state index < -0.39 is 35.6 Å². The zero-order valence-corrected chi connectivity index (χ0v) is 37.7. The van der Waals surface area contributed by atoms with E-state index in [9.17, 15) is 10.2 Å². The summed E-state index contributed by atoms with van der Waals surface area (Å²) in [5.41, 5.74) is 4.57. The molecule has 0 heterocycles. The molecule has 62 heavy (non-hydrogen) atoms. The highest BCUT2D eigenvalue weighted by Crippen LogP contribution is 2.32. The van der Waals surface area contributed by atoms with E-state index in [0.29, 0.717) is 65.0 Å². The van der Waals surface area contributed by atoms with E-state index in [1.165, 1.54) is 0 Å². The summed E-state index contributed by atoms with van der Waals surface area (Å²) in [5, 5.41) is 20.8. The largest absolute Gasteiger partial charge is 0.394 e. The molecule has 2 N–H and O–H groups in total. The molecule has 0 aromatic heterocycles. The fourth-order valence-electron chi connectivity index (χ4n) is 7.26. The zero-order chi connectivity index (χ0) is 44.5. The summed E-state index contributed by atoms with van der Waals surface area (Å²) in [6, 6.07) is 40.4. The topological polar surface area (TPSA) is 95.8 Å². The Morgan fingerprint density at radius 3 is 1.11 bits per heavy atom. The number of aliphatic hydroxyl groups is 2. The van der Waals surface area contributed by atoms with Crippen LogP contribution in [0.25, 0.3) is 0 Å². The minimum atomic E-state index is -0.774. The molecular weight excluding hydrogens is 777 g/mol. The Morgan fingerprint density at radius 2 is 0.823 bits per heavy atom. The molecule has 6 atom stereocenters. The lowest BCUT2D eigenvalue weighted by molar-refractivity contribution is -0.189. The van der Waals surface area contributed by atoms with E-state index in [4.69, 9.17) is 28.4 Å². The third-order valence-electron chi connectivity index (χ3n) is 11.0. The number of benzene rings is 4. The van der Waals surface area contributed by atoms with E-state index in [1.54, 1.807) is 0 Å². The van der Waals surface area contributed by atoms with Gasteiger partial charge in [-0.1, -0.05) is 145 Å². The lowest BCUT2D eigenvalue weighted by Gasteiger charge is -2.39. The van der Waals surface area contributed by atoms with Crippen LogP contribution in [0, 0.1) is 0 Å². The number of ether oxygens (including phenoxy) is 6. The number of hydrogen-bond acceptors (Lipinski definition) is 8. The van der Waals surface area contributed by atoms with Crippen LogP contribution in [0.5, 0.6) is 0 Å². The first kappa shape index (κ1) is 50.4. The van der Waals surface area contributed by atoms with E-state index in [-0.39, 0.29) is 26.4 Å². The van der Waals surface area contributed by atoms with Gasteiger partial charge in [0.15, 0.2) is 0 Å². The van der Waals surface area contributed by atoms with Crippen molar-refractivity contribution < 1.29 is 38.6 Å². The van der Waals surface area contributed by atoms with Gasteiger partial charge in [0.05, 0.1) is 76.3 Å². The molecule has 0 bridgehead atoms. The van der Waals surface area contributed by atoms with E-state index in [1.807, 2.05) is 111 Å². The maximum Gasteiger partial charge on any atom is 0.110 e. The fraction of sp³-hybridized carbons (Fsp3) is 0.444. The molecule has 0 aliphatic rings. The molecule has 0 spiro atoms. The van der Waals surface area contributed by atoms with Gasteiger partial charge in [0, 0.05) is 0 Å². The lowest BCUT2D eigenvalue weighted by atomic mass is 9.91. The lowest BCUT2D eigenvalue weighted by Crippen LogP contribution is -2.48. The van der Waals surface area contributed by atoms with Gasteiger partial charge in [-0.15, -0.1) is 13.2 Å². The standard InChI is InChI=1S/C54H72O8/c1-43(2)33-49(35-55)61-51(41-57-37-45-23-13-9-14-24-45)53(5,59-39-47-27-17-11-18-28-47)31-21-7-8-22-32-54(6,60-40-48-29-19-12-20-30-48)52(62-50(36-56)34-44(3)4)42-58-38-46-25-15-10-16-26-46/h7-20,23-30,49-52,55-56H,1,3,21-22,31-42H2,2,4-6H3/b8-7+/t49-,50-,51-,52-,53-,54-/m1/s1. The van der Waals surface area contributed by atoms with Crippen LogP contribution in [0.2, 0.25) is 0 Å². The molecule has 4 aromatic rings. The highest BCUT2D eigenvalue weighted by atomic mass is 16.6. The summed E-state index contributed by atoms with van der Waals surface area (Å²) in [7, 11) is 0. The first-order valence-electron chi connectivity index (χ1n) is 22.1. The molecule has 0 radical (unpaired) electrons. The second-order valence-electron chi connectivity index (χ2n) is 16.9. The SMILES string of the molecule is C=C(C)C[C@H](CO)O[C@H](COCc1ccccc1)[C@@](C)(CC/C=C/CC[C@@](C)(OCc1ccccc1)[C@@H](COCc1ccccc1)O[C@@H](CO)CC(=C)C)OCc1ccccc1. The maximum absolute atomic E-state index is 10.4. The number of aliphatic hydroxyl groups excluding tert-OH is 2. The predicted octanol–water partition coefficient (Wildman–Crippen LogP) is 10.9. The normalized spacial score (nSPS) is 15.6. The molecule has 4 aromatic carbocycles. The smallest absolute Gasteiger partial charge is 0.110 e. The molecule has 0 fully saturated rings. The van der Waals surface area contributed by atoms with Crippen LogP contribution >= 0.6 is 0 Å². The third kappa shape index (κ3) is 18.6. The highest BCUT2D eigenvalue weighted by Gasteiger charge is 2.39. The number of allylic oxidation sites excluding steroid dienone is 2. The molecule has 8 nitrogen and oxygen atoms in total. The van der Waals surface area contributed by atoms with Crippen molar-refractivity contribution in [3.8, 4) is 0 Å². The Bertz CT molecular complexity index is 1700. The van der Waals surface area contributed by atoms with Crippen molar-refractivity contribution in [1.29, 1.82) is 0 Å². The quantitative estimate of drug-likeness (QED) is 0.0469. The molecular formula is C54H72O8. The van der Waals surface area contributed by atoms with E-state index in [2.05, 4.69) is 63.4 Å². The summed E-state index contributed by atoms with van der Waals surface area (Å²) in [6.45, 7) is 18.1. The number of rotatable bonds is 32. The zero-order valence-electron chi connectivity index (χ0n) is 37.7. The molecule has 0 saturated carbocycles. The minimum Gasteiger partial charge on any atom is -0.394 e. The van der Waals surface area contributed by atoms with Gasteiger partial charge in [-0.05, 0) is 88.5 Å². The van der Waals surface area contributed by atoms with Gasteiger partial charge in [-0.25, -0.2) is 0 Å². The summed E-state index contributed by atoms with van der Waals surface area (Å²) in [6.07, 6.45) is 6.27. The molecule has 0 aliphatic carbocycles. The Balaban J connectivity index is 1.54. The first-order valence-corrected chi connectivity index (χ1v) is 22.1. The second kappa shape index (κ2) is 27.8. The van der Waals surface area contributed by atoms with Crippen molar-refractivity contribution >= 4 is 0 Å². The Labute approximate surface area is 372 Å². The summed E-state index contributed by atoms with van der Waals surface area (Å²) in [5.74, 6) is 0. The third-order valence-corrected chi connectivity index (χ3v) is 11.0. The molecule has 0 unspecified atom stereocenters. The van der Waals surface area contributed by atoms with E-state index in [0.717, 1.165) is 33.4 Å². The Morgan fingerprint density at radius 1 is 0.516 bits per heavy atom. The van der Waals surface area contributed by atoms with Crippen LogP contribution < -0.4 is 0 Å². The summed E-state index contributed by atoms with van der Waals surface area (Å²) >= 11 is 0. The molecule has 0 amide bonds. The molecule has 336 valence electrons. The van der Waals surface area contributed by atoms with Gasteiger partial charge in [0.1, 0.15) is 12.2 Å². The van der Waals surface area contributed by atoms with Gasteiger partial charge in [-0.3, -0.25) is 0 Å². The van der Waals surface area contributed by atoms with Gasteiger partial charge < -0.3 is 38.6 Å². The van der Waals surface area contributed by atoms with Gasteiger partial charge in [0.2, 0.25) is 0 Å². The van der Waals surface area contributed by atoms with Crippen LogP contribution in [0.1, 0.15) is 88.5 Å². The second-order valence-corrected chi connectivity index (χ2v) is 16.9. The Hall–Kier alpha value is -4.22. The average molecular weight is 849 g/mol. The number of hydrogen-bond donors (Lipinski definition) is 2. The van der Waals surface area contributed by atoms with Crippen LogP contribution in [0.15, 0.2) is 158 Å². The van der Waals surface area contributed by atoms with Gasteiger partial charge in [0.25, 0.3) is 0 Å². The van der Waals surface area contributed by atoms with Crippen molar-refractivity contribution in [1.82, 2.24) is 0 Å². The van der Waals surface area contributed by atoms with Crippen molar-refractivity contribution in [2.24, 2.45) is 0 Å². The van der Waals surface area contributed by atoms with Crippen molar-refractivity contribution in [3.63, 3.8) is 0 Å². The van der Waals surface area contributed by atoms with Crippen LogP contribution in [0.4, 0.5) is 0 Å². The monoisotopic (exact) mass is 849 g/mol. The molecule has 0 saturated heterocycles. The van der Waals surface area contributed by atoms with Crippen LogP contribution in [0.3, 0.4) is 0 Å². The van der Waals surface area contributed by atoms with Crippen molar-refractivity contribution in [2.45, 2.75) is 128 Å². The average Bonchev–Trinajstić information content (AvgIpc) is 3.28. The van der Waals surface area contributed by atoms with E-state index >= 15 is 0 Å². The van der Waals surface area contributed by atoms with Crippen molar-refractivity contribution in [2.75, 3.05) is 26.4 Å². The predicted molar refractivity (Wildman–Crippen MR) is 249 cm³/mol. The summed E-state index contributed by atoms with van der Waals surface area (Å²) < 4.78 is 39.7. The molecule has 0 aliphatic heterocycles. The maximum atomic E-state index is 10.4. The fourth-order valence-corrected chi connectivity index (χ4v) is 7.26. The Kier molecular flexibility index (Phi) is 22.6.